The van der Waals surface area contributed by atoms with Gasteiger partial charge in [-0.1, -0.05) is 62.4 Å². The van der Waals surface area contributed by atoms with Gasteiger partial charge in [-0.05, 0) is 43.4 Å². The fourth-order valence-corrected chi connectivity index (χ4v) is 4.34. The van der Waals surface area contributed by atoms with Crippen LogP contribution in [-0.2, 0) is 22.5 Å². The van der Waals surface area contributed by atoms with Crippen LogP contribution >= 0.6 is 0 Å². The SMILES string of the molecule is CCOC(=O)[C@@H](NC(=O)c1cc2c3ccccc3n(CCCc3ccccc3)c2cn1)C(C)C. The van der Waals surface area contributed by atoms with Crippen molar-refractivity contribution in [3.05, 3.63) is 78.1 Å². The Labute approximate surface area is 199 Å². The minimum absolute atomic E-state index is 0.0988. The van der Waals surface area contributed by atoms with E-state index in [9.17, 15) is 9.59 Å². The summed E-state index contributed by atoms with van der Waals surface area (Å²) >= 11 is 0. The maximum absolute atomic E-state index is 13.0. The average Bonchev–Trinajstić information content (AvgIpc) is 3.16. The summed E-state index contributed by atoms with van der Waals surface area (Å²) in [5.74, 6) is -0.908. The zero-order valence-corrected chi connectivity index (χ0v) is 20.0. The van der Waals surface area contributed by atoms with Crippen molar-refractivity contribution in [2.24, 2.45) is 5.92 Å². The number of carbonyl (C=O) groups excluding carboxylic acids is 2. The summed E-state index contributed by atoms with van der Waals surface area (Å²) in [7, 11) is 0. The molecule has 0 aliphatic carbocycles. The number of hydrogen-bond donors (Lipinski definition) is 1. The highest BCUT2D eigenvalue weighted by Gasteiger charge is 2.26. The molecule has 2 aromatic heterocycles. The molecule has 0 radical (unpaired) electrons. The van der Waals surface area contributed by atoms with E-state index in [2.05, 4.69) is 51.3 Å². The van der Waals surface area contributed by atoms with E-state index < -0.39 is 12.0 Å². The number of esters is 1. The number of fused-ring (bicyclic) bond motifs is 3. The molecule has 2 heterocycles. The third-order valence-electron chi connectivity index (χ3n) is 6.08. The number of ether oxygens (including phenoxy) is 1. The Balaban J connectivity index is 1.61. The molecule has 0 saturated carbocycles. The fourth-order valence-electron chi connectivity index (χ4n) is 4.34. The van der Waals surface area contributed by atoms with Crippen LogP contribution in [0.4, 0.5) is 0 Å². The monoisotopic (exact) mass is 457 g/mol. The van der Waals surface area contributed by atoms with Crippen LogP contribution in [0.1, 0.15) is 43.2 Å². The van der Waals surface area contributed by atoms with Crippen LogP contribution in [0.25, 0.3) is 21.8 Å². The van der Waals surface area contributed by atoms with E-state index in [0.29, 0.717) is 0 Å². The maximum atomic E-state index is 13.0. The molecule has 0 aliphatic rings. The Bertz CT molecular complexity index is 1290. The molecule has 176 valence electrons. The number of para-hydroxylation sites is 1. The van der Waals surface area contributed by atoms with Crippen molar-refractivity contribution in [1.82, 2.24) is 14.9 Å². The Hall–Kier alpha value is -3.67. The van der Waals surface area contributed by atoms with Crippen molar-refractivity contribution in [2.75, 3.05) is 6.61 Å². The molecule has 4 rings (SSSR count). The number of nitrogens with one attached hydrogen (secondary N) is 1. The Morgan fingerprint density at radius 2 is 1.74 bits per heavy atom. The summed E-state index contributed by atoms with van der Waals surface area (Å²) < 4.78 is 7.40. The first kappa shape index (κ1) is 23.5. The lowest BCUT2D eigenvalue weighted by Crippen LogP contribution is -2.45. The predicted molar refractivity (Wildman–Crippen MR) is 135 cm³/mol. The van der Waals surface area contributed by atoms with Crippen LogP contribution in [0.3, 0.4) is 0 Å². The fraction of sp³-hybridized carbons (Fsp3) is 0.321. The van der Waals surface area contributed by atoms with Gasteiger partial charge in [0.05, 0.1) is 18.3 Å². The van der Waals surface area contributed by atoms with Gasteiger partial charge >= 0.3 is 5.97 Å². The number of pyridine rings is 1. The topological polar surface area (TPSA) is 73.2 Å². The number of aryl methyl sites for hydroxylation is 2. The standard InChI is InChI=1S/C28H31N3O3/c1-4-34-28(33)26(19(2)3)30-27(32)23-17-22-21-14-8-9-15-24(21)31(25(22)18-29-23)16-10-13-20-11-6-5-7-12-20/h5-9,11-12,14-15,17-19,26H,4,10,13,16H2,1-3H3,(H,30,32)/t26-/m0/s1. The van der Waals surface area contributed by atoms with Crippen LogP contribution in [0.5, 0.6) is 0 Å². The molecule has 0 spiro atoms. The highest BCUT2D eigenvalue weighted by atomic mass is 16.5. The van der Waals surface area contributed by atoms with Crippen LogP contribution < -0.4 is 5.32 Å². The quantitative estimate of drug-likeness (QED) is 0.353. The number of benzene rings is 2. The first-order valence-electron chi connectivity index (χ1n) is 11.9. The minimum Gasteiger partial charge on any atom is -0.464 e. The summed E-state index contributed by atoms with van der Waals surface area (Å²) in [6, 6.07) is 19.8. The zero-order valence-electron chi connectivity index (χ0n) is 20.0. The van der Waals surface area contributed by atoms with Gasteiger partial charge in [-0.25, -0.2) is 9.78 Å². The van der Waals surface area contributed by atoms with E-state index in [1.807, 2.05) is 38.1 Å². The second-order valence-electron chi connectivity index (χ2n) is 8.79. The van der Waals surface area contributed by atoms with Crippen LogP contribution in [0.2, 0.25) is 0 Å². The molecule has 6 nitrogen and oxygen atoms in total. The van der Waals surface area contributed by atoms with E-state index in [0.717, 1.165) is 41.2 Å². The molecule has 6 heteroatoms. The molecule has 0 unspecified atom stereocenters. The molecule has 34 heavy (non-hydrogen) atoms. The molecule has 0 fully saturated rings. The number of carbonyl (C=O) groups is 2. The summed E-state index contributed by atoms with van der Waals surface area (Å²) in [6.45, 7) is 6.63. The molecule has 2 aromatic carbocycles. The number of aromatic nitrogens is 2. The minimum atomic E-state index is -0.718. The average molecular weight is 458 g/mol. The van der Waals surface area contributed by atoms with Crippen molar-refractivity contribution in [1.29, 1.82) is 0 Å². The highest BCUT2D eigenvalue weighted by Crippen LogP contribution is 2.29. The lowest BCUT2D eigenvalue weighted by Gasteiger charge is -2.20. The molecule has 0 aliphatic heterocycles. The van der Waals surface area contributed by atoms with Gasteiger partial charge in [0, 0.05) is 22.8 Å². The van der Waals surface area contributed by atoms with Gasteiger partial charge in [0.2, 0.25) is 0 Å². The number of nitrogens with zero attached hydrogens (tertiary/aromatic N) is 2. The van der Waals surface area contributed by atoms with Gasteiger partial charge in [-0.15, -0.1) is 0 Å². The number of rotatable bonds is 9. The summed E-state index contributed by atoms with van der Waals surface area (Å²) in [5.41, 5.74) is 3.73. The van der Waals surface area contributed by atoms with Crippen LogP contribution in [0.15, 0.2) is 66.9 Å². The zero-order chi connectivity index (χ0) is 24.1. The molecule has 4 aromatic rings. The number of amides is 1. The summed E-state index contributed by atoms with van der Waals surface area (Å²) in [6.07, 6.45) is 3.75. The third kappa shape index (κ3) is 4.96. The molecular formula is C28H31N3O3. The first-order chi connectivity index (χ1) is 16.5. The molecule has 0 saturated heterocycles. The molecular weight excluding hydrogens is 426 g/mol. The van der Waals surface area contributed by atoms with Gasteiger partial charge in [0.25, 0.3) is 5.91 Å². The van der Waals surface area contributed by atoms with Crippen molar-refractivity contribution < 1.29 is 14.3 Å². The van der Waals surface area contributed by atoms with Gasteiger partial charge < -0.3 is 14.6 Å². The maximum Gasteiger partial charge on any atom is 0.328 e. The highest BCUT2D eigenvalue weighted by molar-refractivity contribution is 6.10. The molecule has 1 amide bonds. The third-order valence-corrected chi connectivity index (χ3v) is 6.08. The van der Waals surface area contributed by atoms with Crippen LogP contribution in [-0.4, -0.2) is 34.1 Å². The molecule has 1 N–H and O–H groups in total. The largest absolute Gasteiger partial charge is 0.464 e. The lowest BCUT2D eigenvalue weighted by atomic mass is 10.0. The first-order valence-corrected chi connectivity index (χ1v) is 11.9. The summed E-state index contributed by atoms with van der Waals surface area (Å²) in [4.78, 5) is 29.7. The van der Waals surface area contributed by atoms with E-state index in [1.54, 1.807) is 13.1 Å². The van der Waals surface area contributed by atoms with Gasteiger partial charge in [0.15, 0.2) is 0 Å². The van der Waals surface area contributed by atoms with E-state index in [1.165, 1.54) is 5.56 Å². The summed E-state index contributed by atoms with van der Waals surface area (Å²) in [5, 5.41) is 4.87. The van der Waals surface area contributed by atoms with Crippen molar-refractivity contribution >= 4 is 33.7 Å². The van der Waals surface area contributed by atoms with Gasteiger partial charge in [0.1, 0.15) is 11.7 Å². The van der Waals surface area contributed by atoms with E-state index in [-0.39, 0.29) is 24.1 Å². The van der Waals surface area contributed by atoms with E-state index >= 15 is 0 Å². The van der Waals surface area contributed by atoms with Crippen LogP contribution in [0, 0.1) is 5.92 Å². The Kier molecular flexibility index (Phi) is 7.26. The van der Waals surface area contributed by atoms with Gasteiger partial charge in [-0.2, -0.15) is 0 Å². The number of hydrogen-bond acceptors (Lipinski definition) is 4. The molecule has 0 bridgehead atoms. The Morgan fingerprint density at radius 3 is 2.47 bits per heavy atom. The van der Waals surface area contributed by atoms with Gasteiger partial charge in [-0.3, -0.25) is 4.79 Å². The predicted octanol–water partition coefficient (Wildman–Crippen LogP) is 5.14. The van der Waals surface area contributed by atoms with Crippen molar-refractivity contribution in [3.63, 3.8) is 0 Å². The second-order valence-corrected chi connectivity index (χ2v) is 8.79. The lowest BCUT2D eigenvalue weighted by molar-refractivity contribution is -0.146. The Morgan fingerprint density at radius 1 is 1.00 bits per heavy atom. The smallest absolute Gasteiger partial charge is 0.328 e. The second kappa shape index (κ2) is 10.5. The van der Waals surface area contributed by atoms with E-state index in [4.69, 9.17) is 4.74 Å². The van der Waals surface area contributed by atoms with Crippen molar-refractivity contribution in [3.8, 4) is 0 Å². The molecule has 1 atom stereocenters. The normalized spacial score (nSPS) is 12.2. The van der Waals surface area contributed by atoms with Crippen molar-refractivity contribution in [2.45, 2.75) is 46.2 Å².